The molecule has 2 N–H and O–H groups in total. The molecular formula is C13H18N2O5S. The fourth-order valence-corrected chi connectivity index (χ4v) is 3.07. The summed E-state index contributed by atoms with van der Waals surface area (Å²) in [5.41, 5.74) is 0.755. The molecule has 0 aliphatic carbocycles. The Labute approximate surface area is 123 Å². The Balaban J connectivity index is 2.93. The molecule has 1 aromatic carbocycles. The summed E-state index contributed by atoms with van der Waals surface area (Å²) in [6.45, 7) is 2.77. The van der Waals surface area contributed by atoms with Crippen LogP contribution in [-0.2, 0) is 26.2 Å². The van der Waals surface area contributed by atoms with Gasteiger partial charge in [0.2, 0.25) is 15.9 Å². The number of benzene rings is 1. The maximum absolute atomic E-state index is 12.3. The predicted molar refractivity (Wildman–Crippen MR) is 76.0 cm³/mol. The Kier molecular flexibility index (Phi) is 5.86. The summed E-state index contributed by atoms with van der Waals surface area (Å²) in [6.07, 6.45) is 0. The average Bonchev–Trinajstić information content (AvgIpc) is 2.42. The van der Waals surface area contributed by atoms with E-state index in [9.17, 15) is 18.0 Å². The first-order valence-corrected chi connectivity index (χ1v) is 7.76. The highest BCUT2D eigenvalue weighted by atomic mass is 32.2. The van der Waals surface area contributed by atoms with Crippen LogP contribution in [0.15, 0.2) is 29.2 Å². The summed E-state index contributed by atoms with van der Waals surface area (Å²) in [6, 6.07) is 5.96. The molecule has 1 rings (SSSR count). The molecule has 1 amide bonds. The molecule has 1 aromatic rings. The Hall–Kier alpha value is -1.93. The molecule has 0 atom stereocenters. The molecule has 0 saturated heterocycles. The van der Waals surface area contributed by atoms with Crippen molar-refractivity contribution >= 4 is 21.9 Å². The second-order valence-corrected chi connectivity index (χ2v) is 6.32. The van der Waals surface area contributed by atoms with Crippen LogP contribution < -0.4 is 5.32 Å². The van der Waals surface area contributed by atoms with Gasteiger partial charge in [-0.25, -0.2) is 8.42 Å². The molecule has 0 saturated carbocycles. The highest BCUT2D eigenvalue weighted by Crippen LogP contribution is 2.16. The van der Waals surface area contributed by atoms with E-state index in [1.807, 2.05) is 0 Å². The van der Waals surface area contributed by atoms with Gasteiger partial charge in [-0.3, -0.25) is 9.59 Å². The van der Waals surface area contributed by atoms with E-state index >= 15 is 0 Å². The van der Waals surface area contributed by atoms with Gasteiger partial charge in [-0.05, 0) is 17.7 Å². The lowest BCUT2D eigenvalue weighted by atomic mass is 10.2. The van der Waals surface area contributed by atoms with Gasteiger partial charge >= 0.3 is 5.97 Å². The Morgan fingerprint density at radius 1 is 1.24 bits per heavy atom. The Morgan fingerprint density at radius 2 is 1.81 bits per heavy atom. The second-order valence-electron chi connectivity index (χ2n) is 4.38. The van der Waals surface area contributed by atoms with Crippen molar-refractivity contribution in [3.63, 3.8) is 0 Å². The second kappa shape index (κ2) is 7.19. The third kappa shape index (κ3) is 4.83. The smallest absolute Gasteiger partial charge is 0.318 e. The van der Waals surface area contributed by atoms with Gasteiger partial charge < -0.3 is 10.4 Å². The van der Waals surface area contributed by atoms with E-state index in [2.05, 4.69) is 5.32 Å². The lowest BCUT2D eigenvalue weighted by molar-refractivity contribution is -0.137. The molecule has 8 heteroatoms. The summed E-state index contributed by atoms with van der Waals surface area (Å²) >= 11 is 0. The number of amides is 1. The zero-order valence-corrected chi connectivity index (χ0v) is 12.7. The molecule has 7 nitrogen and oxygen atoms in total. The number of carbonyl (C=O) groups is 2. The molecule has 0 radical (unpaired) electrons. The van der Waals surface area contributed by atoms with Crippen LogP contribution in [0, 0.1) is 0 Å². The highest BCUT2D eigenvalue weighted by molar-refractivity contribution is 7.89. The maximum Gasteiger partial charge on any atom is 0.318 e. The first-order chi connectivity index (χ1) is 9.77. The third-order valence-corrected chi connectivity index (χ3v) is 4.70. The number of carbonyl (C=O) groups excluding carboxylic acids is 1. The van der Waals surface area contributed by atoms with Gasteiger partial charge in [0.05, 0.1) is 4.90 Å². The van der Waals surface area contributed by atoms with Gasteiger partial charge in [-0.2, -0.15) is 4.31 Å². The van der Waals surface area contributed by atoms with E-state index in [0.29, 0.717) is 6.54 Å². The molecule has 0 spiro atoms. The van der Waals surface area contributed by atoms with Crippen LogP contribution in [0.3, 0.4) is 0 Å². The number of hydrogen-bond acceptors (Lipinski definition) is 4. The van der Waals surface area contributed by atoms with Gasteiger partial charge in [-0.15, -0.1) is 0 Å². The molecule has 116 valence electrons. The van der Waals surface area contributed by atoms with E-state index in [1.165, 1.54) is 19.1 Å². The van der Waals surface area contributed by atoms with E-state index < -0.39 is 22.5 Å². The van der Waals surface area contributed by atoms with Crippen LogP contribution in [0.2, 0.25) is 0 Å². The van der Waals surface area contributed by atoms with Crippen LogP contribution in [0.25, 0.3) is 0 Å². The number of aliphatic carboxylic acids is 1. The summed E-state index contributed by atoms with van der Waals surface area (Å²) in [4.78, 5) is 21.5. The molecule has 0 aliphatic rings. The molecule has 0 aliphatic heterocycles. The summed E-state index contributed by atoms with van der Waals surface area (Å²) < 4.78 is 25.4. The Morgan fingerprint density at radius 3 is 2.24 bits per heavy atom. The normalized spacial score (nSPS) is 11.4. The number of nitrogens with zero attached hydrogens (tertiary/aromatic N) is 1. The molecule has 21 heavy (non-hydrogen) atoms. The van der Waals surface area contributed by atoms with E-state index in [0.717, 1.165) is 9.87 Å². The van der Waals surface area contributed by atoms with Gasteiger partial charge in [0.15, 0.2) is 0 Å². The number of hydrogen-bond donors (Lipinski definition) is 2. The summed E-state index contributed by atoms with van der Waals surface area (Å²) in [7, 11) is -3.83. The van der Waals surface area contributed by atoms with Crippen LogP contribution in [0.4, 0.5) is 0 Å². The lowest BCUT2D eigenvalue weighted by Gasteiger charge is -2.18. The van der Waals surface area contributed by atoms with Gasteiger partial charge in [0, 0.05) is 20.0 Å². The van der Waals surface area contributed by atoms with E-state index in [-0.39, 0.29) is 17.3 Å². The van der Waals surface area contributed by atoms with E-state index in [1.54, 1.807) is 19.1 Å². The highest BCUT2D eigenvalue weighted by Gasteiger charge is 2.24. The summed E-state index contributed by atoms with van der Waals surface area (Å²) in [5.74, 6) is -1.38. The maximum atomic E-state index is 12.3. The minimum Gasteiger partial charge on any atom is -0.480 e. The first kappa shape index (κ1) is 17.1. The number of likely N-dealkylation sites (N-methyl/N-ethyl adjacent to an activating group) is 1. The predicted octanol–water partition coefficient (Wildman–Crippen LogP) is 0.418. The van der Waals surface area contributed by atoms with Crippen LogP contribution in [0.5, 0.6) is 0 Å². The number of rotatable bonds is 7. The van der Waals surface area contributed by atoms with Gasteiger partial charge in [-0.1, -0.05) is 19.1 Å². The monoisotopic (exact) mass is 314 g/mol. The number of nitrogens with one attached hydrogen (secondary N) is 1. The molecule has 0 heterocycles. The minimum atomic E-state index is -3.83. The van der Waals surface area contributed by atoms with Crippen molar-refractivity contribution in [2.75, 3.05) is 13.1 Å². The van der Waals surface area contributed by atoms with Crippen LogP contribution >= 0.6 is 0 Å². The minimum absolute atomic E-state index is 0.0252. The standard InChI is InChI=1S/C13H18N2O5S/c1-3-15(9-13(17)18)21(19,20)12-6-4-11(5-7-12)8-14-10(2)16/h4-7H,3,8-9H2,1-2H3,(H,14,16)(H,17,18). The average molecular weight is 314 g/mol. The quantitative estimate of drug-likeness (QED) is 0.759. The number of sulfonamides is 1. The van der Waals surface area contributed by atoms with Crippen molar-refractivity contribution in [3.8, 4) is 0 Å². The van der Waals surface area contributed by atoms with Crippen LogP contribution in [0.1, 0.15) is 19.4 Å². The zero-order valence-electron chi connectivity index (χ0n) is 11.9. The van der Waals surface area contributed by atoms with Crippen molar-refractivity contribution in [2.24, 2.45) is 0 Å². The molecule has 0 unspecified atom stereocenters. The number of carboxylic acids is 1. The van der Waals surface area contributed by atoms with Crippen molar-refractivity contribution < 1.29 is 23.1 Å². The molecule has 0 fully saturated rings. The summed E-state index contributed by atoms with van der Waals surface area (Å²) in [5, 5.41) is 11.3. The van der Waals surface area contributed by atoms with Crippen molar-refractivity contribution in [3.05, 3.63) is 29.8 Å². The molecular weight excluding hydrogens is 296 g/mol. The molecule has 0 aromatic heterocycles. The van der Waals surface area contributed by atoms with Crippen molar-refractivity contribution in [1.29, 1.82) is 0 Å². The van der Waals surface area contributed by atoms with Gasteiger partial charge in [0.25, 0.3) is 0 Å². The van der Waals surface area contributed by atoms with E-state index in [4.69, 9.17) is 5.11 Å². The fourth-order valence-electron chi connectivity index (χ4n) is 1.67. The topological polar surface area (TPSA) is 104 Å². The lowest BCUT2D eigenvalue weighted by Crippen LogP contribution is -2.35. The zero-order chi connectivity index (χ0) is 16.0. The van der Waals surface area contributed by atoms with Crippen molar-refractivity contribution in [2.45, 2.75) is 25.3 Å². The molecule has 0 bridgehead atoms. The SMILES string of the molecule is CCN(CC(=O)O)S(=O)(=O)c1ccc(CNC(C)=O)cc1. The van der Waals surface area contributed by atoms with Crippen LogP contribution in [-0.4, -0.2) is 42.8 Å². The van der Waals surface area contributed by atoms with Crippen molar-refractivity contribution in [1.82, 2.24) is 9.62 Å². The third-order valence-electron chi connectivity index (χ3n) is 2.77. The largest absolute Gasteiger partial charge is 0.480 e. The first-order valence-electron chi connectivity index (χ1n) is 6.32. The number of carboxylic acid groups (broad SMARTS) is 1. The van der Waals surface area contributed by atoms with Gasteiger partial charge in [0.1, 0.15) is 6.54 Å². The Bertz CT molecular complexity index is 610. The fraction of sp³-hybridized carbons (Fsp3) is 0.385.